The van der Waals surface area contributed by atoms with E-state index in [1.165, 1.54) is 0 Å². The number of hydrogen-bond donors (Lipinski definition) is 0. The molecule has 2 aromatic heterocycles. The first-order chi connectivity index (χ1) is 11.9. The molecule has 1 aliphatic heterocycles. The number of hydrogen-bond acceptors (Lipinski definition) is 6. The molecule has 0 aliphatic carbocycles. The molecule has 3 rings (SSSR count). The highest BCUT2D eigenvalue weighted by Crippen LogP contribution is 2.16. The summed E-state index contributed by atoms with van der Waals surface area (Å²) in [5, 5.41) is 4.27. The summed E-state index contributed by atoms with van der Waals surface area (Å²) < 4.78 is 6.69. The lowest BCUT2D eigenvalue weighted by Gasteiger charge is -2.30. The normalized spacial score (nSPS) is 15.6. The molecule has 1 aliphatic rings. The van der Waals surface area contributed by atoms with E-state index in [9.17, 15) is 9.59 Å². The third-order valence-electron chi connectivity index (χ3n) is 4.46. The van der Waals surface area contributed by atoms with Gasteiger partial charge in [-0.3, -0.25) is 9.59 Å². The van der Waals surface area contributed by atoms with Crippen molar-refractivity contribution in [3.63, 3.8) is 0 Å². The summed E-state index contributed by atoms with van der Waals surface area (Å²) in [5.41, 5.74) is 1.73. The fourth-order valence-corrected chi connectivity index (χ4v) is 2.95. The molecule has 8 nitrogen and oxygen atoms in total. The van der Waals surface area contributed by atoms with E-state index in [0.717, 1.165) is 37.3 Å². The van der Waals surface area contributed by atoms with Crippen LogP contribution in [0.2, 0.25) is 0 Å². The second-order valence-corrected chi connectivity index (χ2v) is 6.68. The van der Waals surface area contributed by atoms with Crippen LogP contribution in [0.15, 0.2) is 6.07 Å². The van der Waals surface area contributed by atoms with E-state index in [1.54, 1.807) is 9.42 Å². The fourth-order valence-electron chi connectivity index (χ4n) is 2.95. The third-order valence-corrected chi connectivity index (χ3v) is 4.46. The standard InChI is InChI=1S/C17H23N5O3/c1-11-4-6-21(7-5-11)15(23)10-25-16(24)9-14-19-17-18-12(2)8-13(3)22(17)20-14/h8,11H,4-7,9-10H2,1-3H3. The van der Waals surface area contributed by atoms with Crippen molar-refractivity contribution in [2.24, 2.45) is 5.92 Å². The summed E-state index contributed by atoms with van der Waals surface area (Å²) >= 11 is 0. The molecule has 134 valence electrons. The van der Waals surface area contributed by atoms with Gasteiger partial charge in [-0.15, -0.1) is 5.10 Å². The first kappa shape index (κ1) is 17.3. The van der Waals surface area contributed by atoms with Gasteiger partial charge in [0.05, 0.1) is 0 Å². The van der Waals surface area contributed by atoms with Crippen molar-refractivity contribution in [1.82, 2.24) is 24.5 Å². The number of carbonyl (C=O) groups excluding carboxylic acids is 2. The molecule has 0 N–H and O–H groups in total. The van der Waals surface area contributed by atoms with Crippen molar-refractivity contribution in [1.29, 1.82) is 0 Å². The minimum atomic E-state index is -0.510. The molecule has 0 atom stereocenters. The predicted octanol–water partition coefficient (Wildman–Crippen LogP) is 1.09. The van der Waals surface area contributed by atoms with Gasteiger partial charge in [0.1, 0.15) is 6.42 Å². The molecule has 1 amide bonds. The molecule has 0 radical (unpaired) electrons. The summed E-state index contributed by atoms with van der Waals surface area (Å²) in [6, 6.07) is 1.89. The number of aromatic nitrogens is 4. The van der Waals surface area contributed by atoms with Crippen molar-refractivity contribution < 1.29 is 14.3 Å². The SMILES string of the molecule is Cc1cc(C)n2nc(CC(=O)OCC(=O)N3CCC(C)CC3)nc2n1. The van der Waals surface area contributed by atoms with Gasteiger partial charge in [-0.25, -0.2) is 9.50 Å². The molecule has 0 aromatic carbocycles. The van der Waals surface area contributed by atoms with Gasteiger partial charge in [0.2, 0.25) is 0 Å². The van der Waals surface area contributed by atoms with E-state index in [1.807, 2.05) is 19.9 Å². The number of esters is 1. The number of fused-ring (bicyclic) bond motifs is 1. The lowest BCUT2D eigenvalue weighted by Crippen LogP contribution is -2.40. The van der Waals surface area contributed by atoms with Crippen LogP contribution in [0.4, 0.5) is 0 Å². The fraction of sp³-hybridized carbons (Fsp3) is 0.588. The number of ether oxygens (including phenoxy) is 1. The molecule has 0 bridgehead atoms. The Hall–Kier alpha value is -2.51. The Morgan fingerprint density at radius 1 is 1.24 bits per heavy atom. The molecule has 2 aromatic rings. The highest BCUT2D eigenvalue weighted by molar-refractivity contribution is 5.81. The Balaban J connectivity index is 1.54. The second-order valence-electron chi connectivity index (χ2n) is 6.68. The first-order valence-electron chi connectivity index (χ1n) is 8.55. The Labute approximate surface area is 146 Å². The first-order valence-corrected chi connectivity index (χ1v) is 8.55. The van der Waals surface area contributed by atoms with Crippen LogP contribution in [-0.4, -0.2) is 56.1 Å². The maximum atomic E-state index is 12.1. The Morgan fingerprint density at radius 2 is 1.96 bits per heavy atom. The zero-order chi connectivity index (χ0) is 18.0. The topological polar surface area (TPSA) is 89.7 Å². The number of likely N-dealkylation sites (tertiary alicyclic amines) is 1. The van der Waals surface area contributed by atoms with Gasteiger partial charge in [-0.05, 0) is 38.7 Å². The van der Waals surface area contributed by atoms with Crippen LogP contribution in [0.1, 0.15) is 37.0 Å². The maximum Gasteiger partial charge on any atom is 0.314 e. The molecule has 1 fully saturated rings. The molecular weight excluding hydrogens is 322 g/mol. The van der Waals surface area contributed by atoms with Gasteiger partial charge in [0.15, 0.2) is 12.4 Å². The highest BCUT2D eigenvalue weighted by atomic mass is 16.5. The van der Waals surface area contributed by atoms with Crippen LogP contribution in [-0.2, 0) is 20.7 Å². The van der Waals surface area contributed by atoms with E-state index < -0.39 is 5.97 Å². The number of amides is 1. The van der Waals surface area contributed by atoms with Gasteiger partial charge < -0.3 is 9.64 Å². The molecule has 0 spiro atoms. The Morgan fingerprint density at radius 3 is 2.68 bits per heavy atom. The van der Waals surface area contributed by atoms with Crippen LogP contribution in [0, 0.1) is 19.8 Å². The minimum absolute atomic E-state index is 0.0772. The zero-order valence-corrected chi connectivity index (χ0v) is 14.9. The Kier molecular flexibility index (Phi) is 4.96. The van der Waals surface area contributed by atoms with Gasteiger partial charge in [0.25, 0.3) is 11.7 Å². The van der Waals surface area contributed by atoms with Crippen molar-refractivity contribution in [2.75, 3.05) is 19.7 Å². The number of nitrogens with zero attached hydrogens (tertiary/aromatic N) is 5. The van der Waals surface area contributed by atoms with Crippen LogP contribution < -0.4 is 0 Å². The molecule has 1 saturated heterocycles. The lowest BCUT2D eigenvalue weighted by molar-refractivity contribution is -0.152. The number of rotatable bonds is 4. The molecule has 25 heavy (non-hydrogen) atoms. The highest BCUT2D eigenvalue weighted by Gasteiger charge is 2.21. The smallest absolute Gasteiger partial charge is 0.314 e. The summed E-state index contributed by atoms with van der Waals surface area (Å²) in [5.74, 6) is 0.790. The van der Waals surface area contributed by atoms with Crippen molar-refractivity contribution in [3.05, 3.63) is 23.3 Å². The monoisotopic (exact) mass is 345 g/mol. The van der Waals surface area contributed by atoms with Crippen LogP contribution in [0.5, 0.6) is 0 Å². The largest absolute Gasteiger partial charge is 0.455 e. The number of aryl methyl sites for hydroxylation is 2. The predicted molar refractivity (Wildman–Crippen MR) is 89.9 cm³/mol. The minimum Gasteiger partial charge on any atom is -0.455 e. The zero-order valence-electron chi connectivity index (χ0n) is 14.9. The van der Waals surface area contributed by atoms with Crippen LogP contribution in [0.3, 0.4) is 0 Å². The van der Waals surface area contributed by atoms with Crippen molar-refractivity contribution >= 4 is 17.7 Å². The van der Waals surface area contributed by atoms with Crippen LogP contribution in [0.25, 0.3) is 5.78 Å². The van der Waals surface area contributed by atoms with Crippen molar-refractivity contribution in [3.8, 4) is 0 Å². The van der Waals surface area contributed by atoms with Gasteiger partial charge in [-0.2, -0.15) is 4.98 Å². The summed E-state index contributed by atoms with van der Waals surface area (Å²) in [6.07, 6.45) is 1.92. The maximum absolute atomic E-state index is 12.1. The van der Waals surface area contributed by atoms with E-state index in [-0.39, 0.29) is 18.9 Å². The summed E-state index contributed by atoms with van der Waals surface area (Å²) in [4.78, 5) is 34.3. The summed E-state index contributed by atoms with van der Waals surface area (Å²) in [7, 11) is 0. The van der Waals surface area contributed by atoms with E-state index in [2.05, 4.69) is 22.0 Å². The van der Waals surface area contributed by atoms with E-state index in [4.69, 9.17) is 4.74 Å². The quantitative estimate of drug-likeness (QED) is 0.771. The van der Waals surface area contributed by atoms with Crippen LogP contribution >= 0.6 is 0 Å². The number of carbonyl (C=O) groups is 2. The van der Waals surface area contributed by atoms with E-state index in [0.29, 0.717) is 17.5 Å². The number of piperidine rings is 1. The molecule has 0 saturated carbocycles. The van der Waals surface area contributed by atoms with Gasteiger partial charge in [0, 0.05) is 24.5 Å². The lowest BCUT2D eigenvalue weighted by atomic mass is 9.99. The Bertz CT molecular complexity index is 793. The summed E-state index contributed by atoms with van der Waals surface area (Å²) in [6.45, 7) is 7.20. The van der Waals surface area contributed by atoms with Crippen molar-refractivity contribution in [2.45, 2.75) is 40.0 Å². The average molecular weight is 345 g/mol. The van der Waals surface area contributed by atoms with E-state index >= 15 is 0 Å². The molecule has 8 heteroatoms. The molecule has 3 heterocycles. The third kappa shape index (κ3) is 4.12. The molecular formula is C17H23N5O3. The average Bonchev–Trinajstić information content (AvgIpc) is 2.96. The second kappa shape index (κ2) is 7.16. The van der Waals surface area contributed by atoms with Gasteiger partial charge >= 0.3 is 5.97 Å². The van der Waals surface area contributed by atoms with Gasteiger partial charge in [-0.1, -0.05) is 6.92 Å². The molecule has 0 unspecified atom stereocenters.